The fraction of sp³-hybridized carbons (Fsp3) is 0.286. The van der Waals surface area contributed by atoms with E-state index >= 15 is 0 Å². The number of nitriles is 1. The number of allylic oxidation sites excluding steroid dienone is 1. The summed E-state index contributed by atoms with van der Waals surface area (Å²) in [5.74, 6) is 0. The standard InChI is InChI=1S/C14H12N2O2/c1-9-12(8-15)10-4-2-3-5-11(10)13(9)16-6-7-18-14(16)17/h2-5,13H,6-7H2,1H3/t13-/m0/s1. The predicted octanol–water partition coefficient (Wildman–Crippen LogP) is 2.49. The first-order valence-electron chi connectivity index (χ1n) is 5.87. The van der Waals surface area contributed by atoms with Gasteiger partial charge < -0.3 is 4.74 Å². The van der Waals surface area contributed by atoms with Gasteiger partial charge >= 0.3 is 6.09 Å². The second kappa shape index (κ2) is 3.88. The highest BCUT2D eigenvalue weighted by atomic mass is 16.6. The van der Waals surface area contributed by atoms with Gasteiger partial charge in [0.2, 0.25) is 0 Å². The molecule has 0 N–H and O–H groups in total. The number of ether oxygens (including phenoxy) is 1. The minimum absolute atomic E-state index is 0.147. The van der Waals surface area contributed by atoms with Crippen LogP contribution in [0.25, 0.3) is 5.57 Å². The molecule has 2 aliphatic rings. The lowest BCUT2D eigenvalue weighted by Crippen LogP contribution is -2.29. The van der Waals surface area contributed by atoms with E-state index in [4.69, 9.17) is 4.74 Å². The molecule has 4 heteroatoms. The predicted molar refractivity (Wildman–Crippen MR) is 65.4 cm³/mol. The minimum atomic E-state index is -0.298. The monoisotopic (exact) mass is 240 g/mol. The maximum absolute atomic E-state index is 11.7. The number of cyclic esters (lactones) is 1. The summed E-state index contributed by atoms with van der Waals surface area (Å²) < 4.78 is 4.99. The van der Waals surface area contributed by atoms with Gasteiger partial charge in [0.05, 0.1) is 24.2 Å². The van der Waals surface area contributed by atoms with Gasteiger partial charge in [-0.05, 0) is 23.6 Å². The third-order valence-electron chi connectivity index (χ3n) is 3.54. The molecule has 1 heterocycles. The first-order chi connectivity index (χ1) is 8.74. The van der Waals surface area contributed by atoms with Gasteiger partial charge in [0, 0.05) is 0 Å². The van der Waals surface area contributed by atoms with Crippen LogP contribution in [0.2, 0.25) is 0 Å². The first kappa shape index (κ1) is 10.8. The van der Waals surface area contributed by atoms with Crippen LogP contribution >= 0.6 is 0 Å². The number of carbonyl (C=O) groups excluding carboxylic acids is 1. The van der Waals surface area contributed by atoms with Crippen molar-refractivity contribution in [3.05, 3.63) is 41.0 Å². The number of benzene rings is 1. The van der Waals surface area contributed by atoms with Gasteiger partial charge in [-0.3, -0.25) is 4.90 Å². The smallest absolute Gasteiger partial charge is 0.410 e. The van der Waals surface area contributed by atoms with Crippen molar-refractivity contribution in [3.63, 3.8) is 0 Å². The van der Waals surface area contributed by atoms with E-state index in [-0.39, 0.29) is 12.1 Å². The largest absolute Gasteiger partial charge is 0.448 e. The maximum Gasteiger partial charge on any atom is 0.410 e. The van der Waals surface area contributed by atoms with Crippen LogP contribution in [0.1, 0.15) is 24.1 Å². The molecule has 3 rings (SSSR count). The van der Waals surface area contributed by atoms with Crippen LogP contribution in [-0.2, 0) is 4.74 Å². The first-order valence-corrected chi connectivity index (χ1v) is 5.87. The Morgan fingerprint density at radius 1 is 1.44 bits per heavy atom. The van der Waals surface area contributed by atoms with Crippen molar-refractivity contribution < 1.29 is 9.53 Å². The van der Waals surface area contributed by atoms with Crippen LogP contribution in [0, 0.1) is 11.3 Å². The molecule has 1 aromatic rings. The third-order valence-corrected chi connectivity index (χ3v) is 3.54. The van der Waals surface area contributed by atoms with Crippen LogP contribution in [-0.4, -0.2) is 24.1 Å². The fourth-order valence-electron chi connectivity index (χ4n) is 2.74. The van der Waals surface area contributed by atoms with E-state index in [0.29, 0.717) is 18.7 Å². The third kappa shape index (κ3) is 1.34. The van der Waals surface area contributed by atoms with Crippen molar-refractivity contribution in [1.29, 1.82) is 5.26 Å². The van der Waals surface area contributed by atoms with E-state index < -0.39 is 0 Å². The van der Waals surface area contributed by atoms with Gasteiger partial charge in [-0.25, -0.2) is 4.79 Å². The molecule has 0 unspecified atom stereocenters. The summed E-state index contributed by atoms with van der Waals surface area (Å²) in [6.45, 7) is 2.91. The average Bonchev–Trinajstić information content (AvgIpc) is 2.90. The zero-order valence-corrected chi connectivity index (χ0v) is 10.0. The molecular formula is C14H12N2O2. The molecule has 0 spiro atoms. The molecule has 1 aromatic carbocycles. The lowest BCUT2D eigenvalue weighted by atomic mass is 10.0. The van der Waals surface area contributed by atoms with Gasteiger partial charge in [-0.2, -0.15) is 5.26 Å². The summed E-state index contributed by atoms with van der Waals surface area (Å²) in [6, 6.07) is 9.83. The molecule has 0 radical (unpaired) electrons. The van der Waals surface area contributed by atoms with E-state index in [2.05, 4.69) is 6.07 Å². The second-order valence-electron chi connectivity index (χ2n) is 4.47. The molecule has 0 bridgehead atoms. The average molecular weight is 240 g/mol. The molecule has 0 aromatic heterocycles. The Labute approximate surface area is 105 Å². The number of hydrogen-bond donors (Lipinski definition) is 0. The highest BCUT2D eigenvalue weighted by Crippen LogP contribution is 2.43. The summed E-state index contributed by atoms with van der Waals surface area (Å²) in [4.78, 5) is 13.4. The molecule has 4 nitrogen and oxygen atoms in total. The number of fused-ring (bicyclic) bond motifs is 1. The van der Waals surface area contributed by atoms with Crippen LogP contribution in [0.5, 0.6) is 0 Å². The Bertz CT molecular complexity index is 598. The number of carbonyl (C=O) groups is 1. The zero-order valence-electron chi connectivity index (χ0n) is 10.0. The zero-order chi connectivity index (χ0) is 12.7. The van der Waals surface area contributed by atoms with Gasteiger partial charge in [0.15, 0.2) is 0 Å². The van der Waals surface area contributed by atoms with Crippen molar-refractivity contribution in [2.24, 2.45) is 0 Å². The summed E-state index contributed by atoms with van der Waals surface area (Å²) >= 11 is 0. The number of amides is 1. The van der Waals surface area contributed by atoms with E-state index in [9.17, 15) is 10.1 Å². The summed E-state index contributed by atoms with van der Waals surface area (Å²) in [6.07, 6.45) is -0.298. The van der Waals surface area contributed by atoms with Crippen LogP contribution < -0.4 is 0 Å². The maximum atomic E-state index is 11.7. The lowest BCUT2D eigenvalue weighted by molar-refractivity contribution is 0.152. The molecule has 1 saturated heterocycles. The van der Waals surface area contributed by atoms with Crippen molar-refractivity contribution in [2.75, 3.05) is 13.2 Å². The van der Waals surface area contributed by atoms with Crippen LogP contribution in [0.4, 0.5) is 4.79 Å². The molecule has 90 valence electrons. The Morgan fingerprint density at radius 2 is 2.22 bits per heavy atom. The molecule has 1 fully saturated rings. The molecule has 1 amide bonds. The lowest BCUT2D eigenvalue weighted by Gasteiger charge is -2.23. The Morgan fingerprint density at radius 3 is 2.89 bits per heavy atom. The topological polar surface area (TPSA) is 53.3 Å². The highest BCUT2D eigenvalue weighted by molar-refractivity contribution is 5.87. The van der Waals surface area contributed by atoms with Crippen LogP contribution in [0.15, 0.2) is 29.8 Å². The molecule has 1 aliphatic carbocycles. The number of rotatable bonds is 1. The van der Waals surface area contributed by atoms with E-state index in [0.717, 1.165) is 16.7 Å². The molecular weight excluding hydrogens is 228 g/mol. The van der Waals surface area contributed by atoms with Gasteiger partial charge in [0.25, 0.3) is 0 Å². The molecule has 18 heavy (non-hydrogen) atoms. The molecule has 1 aliphatic heterocycles. The molecule has 1 atom stereocenters. The van der Waals surface area contributed by atoms with Crippen molar-refractivity contribution in [2.45, 2.75) is 13.0 Å². The summed E-state index contributed by atoms with van der Waals surface area (Å²) in [7, 11) is 0. The van der Waals surface area contributed by atoms with Gasteiger partial charge in [0.1, 0.15) is 6.61 Å². The SMILES string of the molecule is CC1=C(C#N)c2ccccc2[C@H]1N1CCOC1=O. The van der Waals surface area contributed by atoms with E-state index in [1.54, 1.807) is 4.90 Å². The highest BCUT2D eigenvalue weighted by Gasteiger charge is 2.38. The van der Waals surface area contributed by atoms with Gasteiger partial charge in [-0.15, -0.1) is 0 Å². The Hall–Kier alpha value is -2.28. The number of hydrogen-bond acceptors (Lipinski definition) is 3. The quantitative estimate of drug-likeness (QED) is 0.757. The second-order valence-corrected chi connectivity index (χ2v) is 4.47. The van der Waals surface area contributed by atoms with Crippen molar-refractivity contribution >= 4 is 11.7 Å². The van der Waals surface area contributed by atoms with Crippen molar-refractivity contribution in [1.82, 2.24) is 4.90 Å². The Balaban J connectivity index is 2.14. The van der Waals surface area contributed by atoms with Crippen molar-refractivity contribution in [3.8, 4) is 6.07 Å². The van der Waals surface area contributed by atoms with Crippen LogP contribution in [0.3, 0.4) is 0 Å². The fourth-order valence-corrected chi connectivity index (χ4v) is 2.74. The minimum Gasteiger partial charge on any atom is -0.448 e. The van der Waals surface area contributed by atoms with E-state index in [1.807, 2.05) is 31.2 Å². The summed E-state index contributed by atoms with van der Waals surface area (Å²) in [5, 5.41) is 9.27. The summed E-state index contributed by atoms with van der Waals surface area (Å²) in [5.41, 5.74) is 3.56. The Kier molecular flexibility index (Phi) is 2.34. The van der Waals surface area contributed by atoms with E-state index in [1.165, 1.54) is 0 Å². The normalized spacial score (nSPS) is 21.9. The number of nitrogens with zero attached hydrogens (tertiary/aromatic N) is 2. The van der Waals surface area contributed by atoms with Gasteiger partial charge in [-0.1, -0.05) is 24.3 Å². The molecule has 0 saturated carbocycles.